The average Bonchev–Trinajstić information content (AvgIpc) is 2.92. The Morgan fingerprint density at radius 2 is 2.18 bits per heavy atom. The third-order valence-electron chi connectivity index (χ3n) is 4.33. The van der Waals surface area contributed by atoms with Crippen LogP contribution in [0.1, 0.15) is 30.3 Å². The van der Waals surface area contributed by atoms with Crippen LogP contribution in [0.3, 0.4) is 0 Å². The maximum atomic E-state index is 12.5. The fourth-order valence-electron chi connectivity index (χ4n) is 2.96. The largest absolute Gasteiger partial charge is 0.438 e. The predicted molar refractivity (Wildman–Crippen MR) is 80.4 cm³/mol. The molecule has 1 aliphatic rings. The van der Waals surface area contributed by atoms with Gasteiger partial charge in [0.2, 0.25) is 5.91 Å². The van der Waals surface area contributed by atoms with Gasteiger partial charge in [-0.25, -0.2) is 4.79 Å². The molecule has 0 aliphatic heterocycles. The number of benzene rings is 1. The molecular formula is C16H19N3O3. The van der Waals surface area contributed by atoms with Crippen LogP contribution in [0, 0.1) is 5.41 Å². The summed E-state index contributed by atoms with van der Waals surface area (Å²) in [4.78, 5) is 25.8. The van der Waals surface area contributed by atoms with Crippen molar-refractivity contribution in [1.29, 1.82) is 0 Å². The number of aromatic nitrogens is 2. The Balaban J connectivity index is 1.59. The quantitative estimate of drug-likeness (QED) is 0.888. The van der Waals surface area contributed by atoms with Gasteiger partial charge in [0.05, 0.1) is 5.41 Å². The Bertz CT molecular complexity index is 734. The van der Waals surface area contributed by atoms with Crippen LogP contribution in [0.2, 0.25) is 0 Å². The molecule has 3 rings (SSSR count). The Morgan fingerprint density at radius 3 is 2.91 bits per heavy atom. The van der Waals surface area contributed by atoms with Crippen molar-refractivity contribution in [2.45, 2.75) is 32.6 Å². The molecule has 1 atom stereocenters. The molecule has 1 unspecified atom stereocenters. The SMILES string of the molecule is CC1(C(=O)NCCc2noc(=O)[nH]2)CCc2ccccc2C1. The maximum absolute atomic E-state index is 12.5. The molecule has 0 radical (unpaired) electrons. The lowest BCUT2D eigenvalue weighted by molar-refractivity contribution is -0.130. The van der Waals surface area contributed by atoms with Gasteiger partial charge >= 0.3 is 5.76 Å². The Kier molecular flexibility index (Phi) is 3.83. The summed E-state index contributed by atoms with van der Waals surface area (Å²) in [5.41, 5.74) is 2.21. The number of aryl methyl sites for hydroxylation is 1. The van der Waals surface area contributed by atoms with E-state index in [0.29, 0.717) is 18.8 Å². The molecule has 1 amide bonds. The highest BCUT2D eigenvalue weighted by Gasteiger charge is 2.36. The van der Waals surface area contributed by atoms with Crippen LogP contribution >= 0.6 is 0 Å². The summed E-state index contributed by atoms with van der Waals surface area (Å²) in [7, 11) is 0. The van der Waals surface area contributed by atoms with Gasteiger partial charge in [0.15, 0.2) is 5.82 Å². The lowest BCUT2D eigenvalue weighted by atomic mass is 9.72. The monoisotopic (exact) mass is 301 g/mol. The van der Waals surface area contributed by atoms with Crippen LogP contribution in [0.25, 0.3) is 0 Å². The molecule has 0 fully saturated rings. The van der Waals surface area contributed by atoms with Crippen molar-refractivity contribution in [2.24, 2.45) is 5.41 Å². The highest BCUT2D eigenvalue weighted by Crippen LogP contribution is 2.35. The number of hydrogen-bond donors (Lipinski definition) is 2. The van der Waals surface area contributed by atoms with E-state index in [1.165, 1.54) is 11.1 Å². The van der Waals surface area contributed by atoms with Gasteiger partial charge in [-0.2, -0.15) is 0 Å². The summed E-state index contributed by atoms with van der Waals surface area (Å²) < 4.78 is 4.42. The van der Waals surface area contributed by atoms with Gasteiger partial charge in [0, 0.05) is 13.0 Å². The molecule has 1 aromatic carbocycles. The van der Waals surface area contributed by atoms with Crippen molar-refractivity contribution < 1.29 is 9.32 Å². The molecule has 1 heterocycles. The van der Waals surface area contributed by atoms with Crippen LogP contribution in [0.5, 0.6) is 0 Å². The molecule has 2 N–H and O–H groups in total. The second kappa shape index (κ2) is 5.79. The minimum absolute atomic E-state index is 0.0489. The van der Waals surface area contributed by atoms with E-state index < -0.39 is 5.76 Å². The second-order valence-electron chi connectivity index (χ2n) is 6.05. The molecule has 0 spiro atoms. The van der Waals surface area contributed by atoms with Crippen LogP contribution in [-0.2, 0) is 24.1 Å². The standard InChI is InChI=1S/C16H19N3O3/c1-16(8-6-11-4-2-3-5-12(11)10-16)14(20)17-9-7-13-18-15(21)22-19-13/h2-5H,6-10H2,1H3,(H,17,20)(H,18,19,21). The summed E-state index contributed by atoms with van der Waals surface area (Å²) >= 11 is 0. The fourth-order valence-corrected chi connectivity index (χ4v) is 2.96. The molecule has 6 heteroatoms. The van der Waals surface area contributed by atoms with E-state index in [-0.39, 0.29) is 11.3 Å². The van der Waals surface area contributed by atoms with Gasteiger partial charge in [0.1, 0.15) is 0 Å². The zero-order chi connectivity index (χ0) is 15.6. The molecule has 1 aliphatic carbocycles. The number of rotatable bonds is 4. The van der Waals surface area contributed by atoms with Crippen LogP contribution in [-0.4, -0.2) is 22.6 Å². The van der Waals surface area contributed by atoms with E-state index in [2.05, 4.69) is 32.1 Å². The summed E-state index contributed by atoms with van der Waals surface area (Å²) in [6.07, 6.45) is 2.98. The summed E-state index contributed by atoms with van der Waals surface area (Å²) in [6.45, 7) is 2.44. The number of nitrogens with zero attached hydrogens (tertiary/aromatic N) is 1. The third-order valence-corrected chi connectivity index (χ3v) is 4.33. The molecule has 1 aromatic heterocycles. The van der Waals surface area contributed by atoms with Crippen LogP contribution in [0.4, 0.5) is 0 Å². The number of nitrogens with one attached hydrogen (secondary N) is 2. The average molecular weight is 301 g/mol. The number of aromatic amines is 1. The molecule has 0 saturated carbocycles. The minimum atomic E-state index is -0.572. The number of amides is 1. The van der Waals surface area contributed by atoms with Gasteiger partial charge in [-0.05, 0) is 30.4 Å². The molecule has 6 nitrogen and oxygen atoms in total. The third kappa shape index (κ3) is 2.95. The van der Waals surface area contributed by atoms with Gasteiger partial charge in [0.25, 0.3) is 0 Å². The lowest BCUT2D eigenvalue weighted by Crippen LogP contribution is -2.43. The van der Waals surface area contributed by atoms with Gasteiger partial charge in [-0.1, -0.05) is 36.3 Å². The summed E-state index contributed by atoms with van der Waals surface area (Å²) in [5, 5.41) is 6.52. The number of H-pyrrole nitrogens is 1. The number of fused-ring (bicyclic) bond motifs is 1. The van der Waals surface area contributed by atoms with Gasteiger partial charge in [-0.15, -0.1) is 0 Å². The molecule has 2 aromatic rings. The van der Waals surface area contributed by atoms with E-state index in [9.17, 15) is 9.59 Å². The first kappa shape index (κ1) is 14.6. The molecule has 0 bridgehead atoms. The van der Waals surface area contributed by atoms with Crippen molar-refractivity contribution in [3.63, 3.8) is 0 Å². The second-order valence-corrected chi connectivity index (χ2v) is 6.05. The Morgan fingerprint density at radius 1 is 1.41 bits per heavy atom. The summed E-state index contributed by atoms with van der Waals surface area (Å²) in [6, 6.07) is 8.29. The summed E-state index contributed by atoms with van der Waals surface area (Å²) in [5.74, 6) is -0.0746. The van der Waals surface area contributed by atoms with E-state index in [0.717, 1.165) is 19.3 Å². The smallest absolute Gasteiger partial charge is 0.355 e. The van der Waals surface area contributed by atoms with E-state index in [4.69, 9.17) is 0 Å². The van der Waals surface area contributed by atoms with Crippen molar-refractivity contribution in [2.75, 3.05) is 6.54 Å². The molecule has 22 heavy (non-hydrogen) atoms. The highest BCUT2D eigenvalue weighted by atomic mass is 16.5. The van der Waals surface area contributed by atoms with Crippen LogP contribution in [0.15, 0.2) is 33.6 Å². The molecule has 0 saturated heterocycles. The van der Waals surface area contributed by atoms with Crippen molar-refractivity contribution >= 4 is 5.91 Å². The van der Waals surface area contributed by atoms with Crippen molar-refractivity contribution in [3.05, 3.63) is 51.8 Å². The zero-order valence-corrected chi connectivity index (χ0v) is 12.5. The van der Waals surface area contributed by atoms with Crippen molar-refractivity contribution in [1.82, 2.24) is 15.5 Å². The van der Waals surface area contributed by atoms with Crippen molar-refractivity contribution in [3.8, 4) is 0 Å². The number of hydrogen-bond acceptors (Lipinski definition) is 4. The highest BCUT2D eigenvalue weighted by molar-refractivity contribution is 5.83. The Labute approximate surface area is 127 Å². The first-order valence-electron chi connectivity index (χ1n) is 7.47. The van der Waals surface area contributed by atoms with Gasteiger partial charge in [-0.3, -0.25) is 14.3 Å². The number of carbonyl (C=O) groups excluding carboxylic acids is 1. The van der Waals surface area contributed by atoms with E-state index >= 15 is 0 Å². The normalized spacial score (nSPS) is 20.4. The molecular weight excluding hydrogens is 282 g/mol. The zero-order valence-electron chi connectivity index (χ0n) is 12.5. The minimum Gasteiger partial charge on any atom is -0.355 e. The lowest BCUT2D eigenvalue weighted by Gasteiger charge is -2.33. The number of carbonyl (C=O) groups is 1. The first-order chi connectivity index (χ1) is 10.6. The predicted octanol–water partition coefficient (Wildman–Crippen LogP) is 1.22. The van der Waals surface area contributed by atoms with Crippen LogP contribution < -0.4 is 11.1 Å². The van der Waals surface area contributed by atoms with Gasteiger partial charge < -0.3 is 5.32 Å². The first-order valence-corrected chi connectivity index (χ1v) is 7.47. The fraction of sp³-hybridized carbons (Fsp3) is 0.438. The maximum Gasteiger partial charge on any atom is 0.438 e. The van der Waals surface area contributed by atoms with E-state index in [1.807, 2.05) is 19.1 Å². The van der Waals surface area contributed by atoms with E-state index in [1.54, 1.807) is 0 Å². The Hall–Kier alpha value is -2.37. The topological polar surface area (TPSA) is 88.0 Å². The molecule has 116 valence electrons.